The number of aromatic nitrogens is 4. The van der Waals surface area contributed by atoms with Crippen molar-refractivity contribution in [2.45, 2.75) is 38.8 Å². The van der Waals surface area contributed by atoms with Gasteiger partial charge < -0.3 is 4.74 Å². The minimum absolute atomic E-state index is 0.0882. The standard InChI is InChI=1S/C12H14ClFN4O/c1-3-7-6(2)8(14)12(19-7)18-5-17-9-10(13)15-4-16-11(9)18/h4-8,12H,3H2,1-2H3/t6-,7-,8?,12-/m1/s1. The second kappa shape index (κ2) is 4.68. The Kier molecular flexibility index (Phi) is 3.14. The maximum absolute atomic E-state index is 14.4. The molecule has 4 atom stereocenters. The first-order valence-corrected chi connectivity index (χ1v) is 6.63. The molecule has 0 N–H and O–H groups in total. The lowest BCUT2D eigenvalue weighted by Crippen LogP contribution is -2.19. The lowest BCUT2D eigenvalue weighted by molar-refractivity contribution is -0.0186. The molecule has 1 saturated heterocycles. The molecular formula is C12H14ClFN4O. The van der Waals surface area contributed by atoms with Crippen molar-refractivity contribution in [2.75, 3.05) is 0 Å². The third kappa shape index (κ3) is 1.90. The van der Waals surface area contributed by atoms with Crippen LogP contribution >= 0.6 is 11.6 Å². The molecule has 0 radical (unpaired) electrons. The summed E-state index contributed by atoms with van der Waals surface area (Å²) in [5.74, 6) is -0.148. The van der Waals surface area contributed by atoms with E-state index in [2.05, 4.69) is 15.0 Å². The minimum atomic E-state index is -1.09. The van der Waals surface area contributed by atoms with Crippen molar-refractivity contribution in [1.82, 2.24) is 19.5 Å². The molecule has 19 heavy (non-hydrogen) atoms. The number of hydrogen-bond donors (Lipinski definition) is 0. The average Bonchev–Trinajstić information content (AvgIpc) is 2.94. The highest BCUT2D eigenvalue weighted by molar-refractivity contribution is 6.33. The number of imidazole rings is 1. The summed E-state index contributed by atoms with van der Waals surface area (Å²) in [4.78, 5) is 12.1. The van der Waals surface area contributed by atoms with Gasteiger partial charge in [-0.2, -0.15) is 0 Å². The third-order valence-electron chi connectivity index (χ3n) is 3.67. The highest BCUT2D eigenvalue weighted by Crippen LogP contribution is 2.38. The van der Waals surface area contributed by atoms with Gasteiger partial charge in [-0.1, -0.05) is 25.4 Å². The van der Waals surface area contributed by atoms with Crippen molar-refractivity contribution in [1.29, 1.82) is 0 Å². The Morgan fingerprint density at radius 3 is 2.89 bits per heavy atom. The molecule has 0 bridgehead atoms. The molecule has 2 aromatic rings. The van der Waals surface area contributed by atoms with E-state index in [1.807, 2.05) is 13.8 Å². The van der Waals surface area contributed by atoms with Crippen LogP contribution in [0.15, 0.2) is 12.7 Å². The van der Waals surface area contributed by atoms with Gasteiger partial charge in [0.1, 0.15) is 11.8 Å². The third-order valence-corrected chi connectivity index (χ3v) is 3.94. The van der Waals surface area contributed by atoms with Gasteiger partial charge in [-0.15, -0.1) is 0 Å². The van der Waals surface area contributed by atoms with Gasteiger partial charge in [-0.25, -0.2) is 19.3 Å². The summed E-state index contributed by atoms with van der Waals surface area (Å²) in [5.41, 5.74) is 0.962. The number of fused-ring (bicyclic) bond motifs is 1. The summed E-state index contributed by atoms with van der Waals surface area (Å²) >= 11 is 5.94. The van der Waals surface area contributed by atoms with Crippen molar-refractivity contribution in [2.24, 2.45) is 5.92 Å². The van der Waals surface area contributed by atoms with Crippen LogP contribution in [-0.4, -0.2) is 31.8 Å². The second-order valence-electron chi connectivity index (χ2n) is 4.77. The van der Waals surface area contributed by atoms with Crippen LogP contribution in [0.5, 0.6) is 0 Å². The number of ether oxygens (including phenoxy) is 1. The highest BCUT2D eigenvalue weighted by Gasteiger charge is 2.43. The normalized spacial score (nSPS) is 31.2. The molecular weight excluding hydrogens is 271 g/mol. The average molecular weight is 285 g/mol. The quantitative estimate of drug-likeness (QED) is 0.796. The van der Waals surface area contributed by atoms with E-state index in [4.69, 9.17) is 16.3 Å². The van der Waals surface area contributed by atoms with E-state index in [0.717, 1.165) is 6.42 Å². The number of rotatable bonds is 2. The van der Waals surface area contributed by atoms with Gasteiger partial charge in [0.2, 0.25) is 0 Å². The molecule has 3 heterocycles. The molecule has 2 aromatic heterocycles. The number of alkyl halides is 1. The van der Waals surface area contributed by atoms with Crippen molar-refractivity contribution in [3.8, 4) is 0 Å². The fourth-order valence-electron chi connectivity index (χ4n) is 2.54. The molecule has 102 valence electrons. The highest BCUT2D eigenvalue weighted by atomic mass is 35.5. The molecule has 0 spiro atoms. The van der Waals surface area contributed by atoms with E-state index < -0.39 is 12.4 Å². The van der Waals surface area contributed by atoms with E-state index in [9.17, 15) is 4.39 Å². The summed E-state index contributed by atoms with van der Waals surface area (Å²) in [6.45, 7) is 3.85. The summed E-state index contributed by atoms with van der Waals surface area (Å²) < 4.78 is 21.7. The largest absolute Gasteiger partial charge is 0.351 e. The minimum Gasteiger partial charge on any atom is -0.351 e. The monoisotopic (exact) mass is 284 g/mol. The van der Waals surface area contributed by atoms with Crippen molar-refractivity contribution in [3.63, 3.8) is 0 Å². The number of nitrogens with zero attached hydrogens (tertiary/aromatic N) is 4. The first-order valence-electron chi connectivity index (χ1n) is 6.26. The Morgan fingerprint density at radius 2 is 2.21 bits per heavy atom. The lowest BCUT2D eigenvalue weighted by atomic mass is 10.00. The zero-order valence-electron chi connectivity index (χ0n) is 10.6. The fraction of sp³-hybridized carbons (Fsp3) is 0.583. The molecule has 3 rings (SSSR count). The van der Waals surface area contributed by atoms with Gasteiger partial charge in [0.25, 0.3) is 0 Å². The van der Waals surface area contributed by atoms with E-state index >= 15 is 0 Å². The first kappa shape index (κ1) is 12.7. The van der Waals surface area contributed by atoms with E-state index in [-0.39, 0.29) is 17.2 Å². The van der Waals surface area contributed by atoms with Gasteiger partial charge in [0, 0.05) is 5.92 Å². The topological polar surface area (TPSA) is 52.8 Å². The van der Waals surface area contributed by atoms with Gasteiger partial charge in [0.05, 0.1) is 12.4 Å². The van der Waals surface area contributed by atoms with Crippen molar-refractivity contribution in [3.05, 3.63) is 17.8 Å². The van der Waals surface area contributed by atoms with Gasteiger partial charge >= 0.3 is 0 Å². The zero-order chi connectivity index (χ0) is 13.6. The Bertz CT molecular complexity index is 604. The van der Waals surface area contributed by atoms with Crippen molar-refractivity contribution < 1.29 is 9.13 Å². The van der Waals surface area contributed by atoms with Crippen LogP contribution in [-0.2, 0) is 4.74 Å². The van der Waals surface area contributed by atoms with Gasteiger partial charge in [-0.3, -0.25) is 4.57 Å². The molecule has 1 fully saturated rings. The second-order valence-corrected chi connectivity index (χ2v) is 5.12. The molecule has 1 unspecified atom stereocenters. The summed E-state index contributed by atoms with van der Waals surface area (Å²) in [5, 5.41) is 0.261. The summed E-state index contributed by atoms with van der Waals surface area (Å²) in [6, 6.07) is 0. The Hall–Kier alpha value is -1.27. The van der Waals surface area contributed by atoms with Crippen LogP contribution in [0.2, 0.25) is 5.15 Å². The maximum atomic E-state index is 14.4. The molecule has 1 aliphatic rings. The number of halogens is 2. The van der Waals surface area contributed by atoms with Crippen LogP contribution in [0.4, 0.5) is 4.39 Å². The molecule has 0 aliphatic carbocycles. The lowest BCUT2D eigenvalue weighted by Gasteiger charge is -2.15. The fourth-order valence-corrected chi connectivity index (χ4v) is 2.72. The SMILES string of the molecule is CC[C@H]1O[C@@H](n2cnc3c(Cl)ncnc32)C(F)[C@@H]1C. The Labute approximate surface area is 114 Å². The Morgan fingerprint density at radius 1 is 1.42 bits per heavy atom. The van der Waals surface area contributed by atoms with Crippen molar-refractivity contribution >= 4 is 22.8 Å². The maximum Gasteiger partial charge on any atom is 0.168 e. The molecule has 0 saturated carbocycles. The van der Waals surface area contributed by atoms with Crippen LogP contribution in [0.3, 0.4) is 0 Å². The molecule has 0 amide bonds. The van der Waals surface area contributed by atoms with Gasteiger partial charge in [-0.05, 0) is 6.42 Å². The zero-order valence-corrected chi connectivity index (χ0v) is 11.4. The van der Waals surface area contributed by atoms with Crippen LogP contribution in [0.1, 0.15) is 26.5 Å². The smallest absolute Gasteiger partial charge is 0.168 e. The molecule has 0 aromatic carbocycles. The summed E-state index contributed by atoms with van der Waals surface area (Å²) in [6.07, 6.45) is 1.75. The van der Waals surface area contributed by atoms with Crippen LogP contribution < -0.4 is 0 Å². The predicted octanol–water partition coefficient (Wildman–Crippen LogP) is 2.76. The summed E-state index contributed by atoms with van der Waals surface area (Å²) in [7, 11) is 0. The van der Waals surface area contributed by atoms with Crippen LogP contribution in [0.25, 0.3) is 11.2 Å². The van der Waals surface area contributed by atoms with Crippen LogP contribution in [0, 0.1) is 5.92 Å². The predicted molar refractivity (Wildman–Crippen MR) is 68.6 cm³/mol. The molecule has 7 heteroatoms. The van der Waals surface area contributed by atoms with E-state index in [1.165, 1.54) is 12.7 Å². The molecule has 5 nitrogen and oxygen atoms in total. The first-order chi connectivity index (χ1) is 9.13. The van der Waals surface area contributed by atoms with E-state index in [1.54, 1.807) is 4.57 Å². The van der Waals surface area contributed by atoms with E-state index in [0.29, 0.717) is 11.2 Å². The van der Waals surface area contributed by atoms with Gasteiger partial charge in [0.15, 0.2) is 23.2 Å². The Balaban J connectivity index is 2.04. The number of hydrogen-bond acceptors (Lipinski definition) is 4. The molecule has 1 aliphatic heterocycles.